The zero-order chi connectivity index (χ0) is 13.1. The monoisotopic (exact) mass is 261 g/mol. The van der Waals surface area contributed by atoms with Crippen LogP contribution in [0.3, 0.4) is 0 Å². The van der Waals surface area contributed by atoms with Crippen LogP contribution in [0.4, 0.5) is 0 Å². The summed E-state index contributed by atoms with van der Waals surface area (Å²) in [7, 11) is 3.41. The molecule has 0 bridgehead atoms. The molecule has 1 aliphatic heterocycles. The lowest BCUT2D eigenvalue weighted by Gasteiger charge is -2.27. The third-order valence-electron chi connectivity index (χ3n) is 3.38. The van der Waals surface area contributed by atoms with Gasteiger partial charge in [-0.05, 0) is 12.8 Å². The van der Waals surface area contributed by atoms with Crippen LogP contribution in [0.5, 0.6) is 0 Å². The molecule has 1 heterocycles. The van der Waals surface area contributed by atoms with Gasteiger partial charge in [0.05, 0.1) is 26.4 Å². The summed E-state index contributed by atoms with van der Waals surface area (Å²) in [6, 6.07) is 0. The molecule has 0 aromatic carbocycles. The van der Waals surface area contributed by atoms with E-state index in [0.29, 0.717) is 13.2 Å². The zero-order valence-corrected chi connectivity index (χ0v) is 11.7. The van der Waals surface area contributed by atoms with E-state index >= 15 is 0 Å². The average molecular weight is 261 g/mol. The lowest BCUT2D eigenvalue weighted by molar-refractivity contribution is 0.0463. The van der Waals surface area contributed by atoms with E-state index in [1.54, 1.807) is 14.2 Å². The van der Waals surface area contributed by atoms with Gasteiger partial charge in [0.15, 0.2) is 0 Å². The Bertz CT molecular complexity index is 195. The molecule has 0 aromatic heterocycles. The maximum atomic E-state index is 5.56. The molecule has 0 amide bonds. The highest BCUT2D eigenvalue weighted by Crippen LogP contribution is 2.31. The van der Waals surface area contributed by atoms with E-state index < -0.39 is 0 Å². The Morgan fingerprint density at radius 1 is 1.11 bits per heavy atom. The molecule has 1 aliphatic rings. The van der Waals surface area contributed by atoms with Gasteiger partial charge in [-0.3, -0.25) is 0 Å². The van der Waals surface area contributed by atoms with Crippen molar-refractivity contribution in [2.24, 2.45) is 5.41 Å². The van der Waals surface area contributed by atoms with Gasteiger partial charge >= 0.3 is 0 Å². The molecular weight excluding hydrogens is 234 g/mol. The molecule has 18 heavy (non-hydrogen) atoms. The first-order chi connectivity index (χ1) is 8.83. The van der Waals surface area contributed by atoms with E-state index in [1.165, 1.54) is 0 Å². The molecule has 0 spiro atoms. The highest BCUT2D eigenvalue weighted by molar-refractivity contribution is 4.85. The Kier molecular flexibility index (Phi) is 8.54. The summed E-state index contributed by atoms with van der Waals surface area (Å²) in [5.74, 6) is 0. The zero-order valence-electron chi connectivity index (χ0n) is 11.7. The van der Waals surface area contributed by atoms with Crippen LogP contribution in [-0.4, -0.2) is 67.0 Å². The Labute approximate surface area is 110 Å². The minimum Gasteiger partial charge on any atom is -0.383 e. The van der Waals surface area contributed by atoms with Crippen molar-refractivity contribution in [2.45, 2.75) is 12.8 Å². The summed E-state index contributed by atoms with van der Waals surface area (Å²) in [5.41, 5.74) is 0.237. The minimum absolute atomic E-state index is 0.237. The SMILES string of the molecule is COCCNCC1(CCOCCOC)CCOC1. The van der Waals surface area contributed by atoms with E-state index in [0.717, 1.165) is 52.4 Å². The summed E-state index contributed by atoms with van der Waals surface area (Å²) in [6.45, 7) is 6.43. The van der Waals surface area contributed by atoms with Crippen molar-refractivity contribution in [3.8, 4) is 0 Å². The van der Waals surface area contributed by atoms with E-state index in [2.05, 4.69) is 5.32 Å². The van der Waals surface area contributed by atoms with Gasteiger partial charge in [-0.1, -0.05) is 0 Å². The third-order valence-corrected chi connectivity index (χ3v) is 3.38. The lowest BCUT2D eigenvalue weighted by atomic mass is 9.84. The highest BCUT2D eigenvalue weighted by Gasteiger charge is 2.34. The maximum Gasteiger partial charge on any atom is 0.0700 e. The third kappa shape index (κ3) is 6.11. The molecule has 1 N–H and O–H groups in total. The van der Waals surface area contributed by atoms with Gasteiger partial charge in [-0.2, -0.15) is 0 Å². The number of rotatable bonds is 11. The van der Waals surface area contributed by atoms with Gasteiger partial charge in [-0.25, -0.2) is 0 Å². The van der Waals surface area contributed by atoms with Crippen molar-refractivity contribution in [3.05, 3.63) is 0 Å². The fourth-order valence-corrected chi connectivity index (χ4v) is 2.14. The molecule has 0 radical (unpaired) electrons. The Morgan fingerprint density at radius 3 is 2.61 bits per heavy atom. The molecule has 0 aromatic rings. The molecule has 5 nitrogen and oxygen atoms in total. The number of nitrogens with one attached hydrogen (secondary N) is 1. The summed E-state index contributed by atoms with van der Waals surface area (Å²) < 4.78 is 21.1. The van der Waals surface area contributed by atoms with Gasteiger partial charge in [0.1, 0.15) is 0 Å². The molecule has 1 atom stereocenters. The van der Waals surface area contributed by atoms with E-state index in [4.69, 9.17) is 18.9 Å². The van der Waals surface area contributed by atoms with Gasteiger partial charge in [-0.15, -0.1) is 0 Å². The Hall–Kier alpha value is -0.200. The fraction of sp³-hybridized carbons (Fsp3) is 1.00. The van der Waals surface area contributed by atoms with Gasteiger partial charge in [0, 0.05) is 45.9 Å². The summed E-state index contributed by atoms with van der Waals surface area (Å²) in [4.78, 5) is 0. The highest BCUT2D eigenvalue weighted by atomic mass is 16.5. The van der Waals surface area contributed by atoms with Crippen molar-refractivity contribution < 1.29 is 18.9 Å². The number of methoxy groups -OCH3 is 2. The van der Waals surface area contributed by atoms with Crippen LogP contribution in [-0.2, 0) is 18.9 Å². The Balaban J connectivity index is 2.16. The van der Waals surface area contributed by atoms with Crippen LogP contribution >= 0.6 is 0 Å². The first-order valence-corrected chi connectivity index (χ1v) is 6.67. The molecule has 108 valence electrons. The normalized spacial score (nSPS) is 23.7. The van der Waals surface area contributed by atoms with E-state index in [1.807, 2.05) is 0 Å². The molecule has 0 saturated carbocycles. The van der Waals surface area contributed by atoms with Crippen LogP contribution in [0, 0.1) is 5.41 Å². The quantitative estimate of drug-likeness (QED) is 0.554. The van der Waals surface area contributed by atoms with Crippen LogP contribution in [0.25, 0.3) is 0 Å². The first kappa shape index (κ1) is 15.9. The molecular formula is C13H27NO4. The van der Waals surface area contributed by atoms with Crippen molar-refractivity contribution >= 4 is 0 Å². The van der Waals surface area contributed by atoms with E-state index in [9.17, 15) is 0 Å². The smallest absolute Gasteiger partial charge is 0.0700 e. The van der Waals surface area contributed by atoms with Gasteiger partial charge in [0.25, 0.3) is 0 Å². The minimum atomic E-state index is 0.237. The second-order valence-corrected chi connectivity index (χ2v) is 4.83. The van der Waals surface area contributed by atoms with Gasteiger partial charge < -0.3 is 24.3 Å². The van der Waals surface area contributed by atoms with Crippen LogP contribution < -0.4 is 5.32 Å². The second-order valence-electron chi connectivity index (χ2n) is 4.83. The van der Waals surface area contributed by atoms with Crippen molar-refractivity contribution in [3.63, 3.8) is 0 Å². The molecule has 1 fully saturated rings. The van der Waals surface area contributed by atoms with Crippen molar-refractivity contribution in [1.82, 2.24) is 5.32 Å². The molecule has 1 unspecified atom stereocenters. The van der Waals surface area contributed by atoms with Crippen LogP contribution in [0.2, 0.25) is 0 Å². The predicted octanol–water partition coefficient (Wildman–Crippen LogP) is 0.682. The van der Waals surface area contributed by atoms with Crippen molar-refractivity contribution in [2.75, 3.05) is 67.0 Å². The topological polar surface area (TPSA) is 49.0 Å². The number of hydrogen-bond donors (Lipinski definition) is 1. The Morgan fingerprint density at radius 2 is 1.94 bits per heavy atom. The standard InChI is InChI=1S/C13H27NO4/c1-15-8-5-14-11-13(4-7-18-12-13)3-6-17-10-9-16-2/h14H,3-12H2,1-2H3. The fourth-order valence-electron chi connectivity index (χ4n) is 2.14. The maximum absolute atomic E-state index is 5.56. The predicted molar refractivity (Wildman–Crippen MR) is 69.9 cm³/mol. The first-order valence-electron chi connectivity index (χ1n) is 6.67. The molecule has 1 rings (SSSR count). The largest absolute Gasteiger partial charge is 0.383 e. The van der Waals surface area contributed by atoms with E-state index in [-0.39, 0.29) is 5.41 Å². The van der Waals surface area contributed by atoms with Crippen LogP contribution in [0.15, 0.2) is 0 Å². The number of hydrogen-bond acceptors (Lipinski definition) is 5. The van der Waals surface area contributed by atoms with Crippen LogP contribution in [0.1, 0.15) is 12.8 Å². The summed E-state index contributed by atoms with van der Waals surface area (Å²) in [6.07, 6.45) is 2.15. The number of ether oxygens (including phenoxy) is 4. The second kappa shape index (κ2) is 9.69. The average Bonchev–Trinajstić information content (AvgIpc) is 2.84. The lowest BCUT2D eigenvalue weighted by Crippen LogP contribution is -2.37. The molecule has 1 saturated heterocycles. The van der Waals surface area contributed by atoms with Gasteiger partial charge in [0.2, 0.25) is 0 Å². The molecule has 5 heteroatoms. The van der Waals surface area contributed by atoms with Crippen molar-refractivity contribution in [1.29, 1.82) is 0 Å². The molecule has 0 aliphatic carbocycles. The summed E-state index contributed by atoms with van der Waals surface area (Å²) >= 11 is 0. The summed E-state index contributed by atoms with van der Waals surface area (Å²) in [5, 5.41) is 3.44.